The number of carbonyl (C=O) groups excluding carboxylic acids is 1. The summed E-state index contributed by atoms with van der Waals surface area (Å²) >= 11 is 1.51. The smallest absolute Gasteiger partial charge is 0.213 e. The molecule has 0 saturated carbocycles. The van der Waals surface area contributed by atoms with Crippen LogP contribution in [-0.2, 0) is 12.8 Å². The fourth-order valence-electron chi connectivity index (χ4n) is 1.39. The molecule has 0 fully saturated rings. The summed E-state index contributed by atoms with van der Waals surface area (Å²) in [4.78, 5) is 17.0. The SMILES string of the molecule is C=CC(=O)c1nc(CCCC)c(CC)s1. The second kappa shape index (κ2) is 5.81. The Hall–Kier alpha value is -0.960. The van der Waals surface area contributed by atoms with Crippen molar-refractivity contribution in [3.63, 3.8) is 0 Å². The number of unbranched alkanes of at least 4 members (excludes halogenated alkanes) is 1. The molecule has 0 aromatic carbocycles. The van der Waals surface area contributed by atoms with Gasteiger partial charge in [0.2, 0.25) is 5.78 Å². The molecule has 0 saturated heterocycles. The van der Waals surface area contributed by atoms with Crippen LogP contribution in [0.3, 0.4) is 0 Å². The van der Waals surface area contributed by atoms with Gasteiger partial charge in [0.15, 0.2) is 5.01 Å². The van der Waals surface area contributed by atoms with Crippen LogP contribution in [0.25, 0.3) is 0 Å². The van der Waals surface area contributed by atoms with E-state index in [-0.39, 0.29) is 5.78 Å². The Morgan fingerprint density at radius 3 is 2.80 bits per heavy atom. The molecule has 0 unspecified atom stereocenters. The predicted octanol–water partition coefficient (Wildman–Crippen LogP) is 3.42. The van der Waals surface area contributed by atoms with Gasteiger partial charge in [0, 0.05) is 4.88 Å². The number of aryl methyl sites for hydroxylation is 2. The van der Waals surface area contributed by atoms with E-state index in [4.69, 9.17) is 0 Å². The second-order valence-corrected chi connectivity index (χ2v) is 4.50. The Balaban J connectivity index is 2.89. The molecule has 2 nitrogen and oxygen atoms in total. The molecule has 1 aromatic heterocycles. The van der Waals surface area contributed by atoms with Gasteiger partial charge in [0.05, 0.1) is 5.69 Å². The third-order valence-corrected chi connectivity index (χ3v) is 3.52. The lowest BCUT2D eigenvalue weighted by Gasteiger charge is -1.96. The van der Waals surface area contributed by atoms with Crippen LogP contribution in [0.4, 0.5) is 0 Å². The molecule has 0 bridgehead atoms. The van der Waals surface area contributed by atoms with E-state index < -0.39 is 0 Å². The minimum atomic E-state index is -0.0579. The summed E-state index contributed by atoms with van der Waals surface area (Å²) in [5.74, 6) is -0.0579. The van der Waals surface area contributed by atoms with Crippen molar-refractivity contribution in [3.05, 3.63) is 28.2 Å². The lowest BCUT2D eigenvalue weighted by atomic mass is 10.1. The van der Waals surface area contributed by atoms with E-state index in [1.807, 2.05) is 0 Å². The van der Waals surface area contributed by atoms with E-state index in [1.165, 1.54) is 22.3 Å². The van der Waals surface area contributed by atoms with E-state index in [9.17, 15) is 4.79 Å². The Morgan fingerprint density at radius 1 is 1.53 bits per heavy atom. The van der Waals surface area contributed by atoms with E-state index in [0.29, 0.717) is 5.01 Å². The van der Waals surface area contributed by atoms with E-state index in [1.54, 1.807) is 0 Å². The molecule has 0 aliphatic rings. The van der Waals surface area contributed by atoms with Crippen LogP contribution in [-0.4, -0.2) is 10.8 Å². The summed E-state index contributed by atoms with van der Waals surface area (Å²) in [7, 11) is 0. The fraction of sp³-hybridized carbons (Fsp3) is 0.500. The zero-order valence-corrected chi connectivity index (χ0v) is 10.2. The first-order valence-electron chi connectivity index (χ1n) is 5.38. The molecule has 15 heavy (non-hydrogen) atoms. The first kappa shape index (κ1) is 12.1. The van der Waals surface area contributed by atoms with Gasteiger partial charge in [-0.15, -0.1) is 11.3 Å². The first-order chi connectivity index (χ1) is 7.22. The summed E-state index contributed by atoms with van der Waals surface area (Å²) in [6.45, 7) is 7.74. The lowest BCUT2D eigenvalue weighted by Crippen LogP contribution is -1.94. The van der Waals surface area contributed by atoms with Gasteiger partial charge in [0.1, 0.15) is 0 Å². The minimum Gasteiger partial charge on any atom is -0.287 e. The molecule has 1 heterocycles. The summed E-state index contributed by atoms with van der Waals surface area (Å²) in [6.07, 6.45) is 5.58. The van der Waals surface area contributed by atoms with Crippen LogP contribution in [0.1, 0.15) is 47.1 Å². The number of hydrogen-bond acceptors (Lipinski definition) is 3. The zero-order valence-electron chi connectivity index (χ0n) is 9.38. The molecular formula is C12H17NOS. The number of nitrogens with zero attached hydrogens (tertiary/aromatic N) is 1. The van der Waals surface area contributed by atoms with Gasteiger partial charge >= 0.3 is 0 Å². The maximum Gasteiger partial charge on any atom is 0.213 e. The summed E-state index contributed by atoms with van der Waals surface area (Å²) in [5, 5.41) is 0.591. The van der Waals surface area contributed by atoms with Gasteiger partial charge in [-0.1, -0.05) is 26.8 Å². The third-order valence-electron chi connectivity index (χ3n) is 2.26. The van der Waals surface area contributed by atoms with Crippen molar-refractivity contribution in [2.75, 3.05) is 0 Å². The number of hydrogen-bond donors (Lipinski definition) is 0. The van der Waals surface area contributed by atoms with Gasteiger partial charge < -0.3 is 0 Å². The molecule has 0 radical (unpaired) electrons. The number of thiazole rings is 1. The topological polar surface area (TPSA) is 30.0 Å². The molecule has 0 spiro atoms. The standard InChI is InChI=1S/C12H17NOS/c1-4-7-8-9-11(6-3)15-12(13-9)10(14)5-2/h5H,2,4,6-8H2,1,3H3. The van der Waals surface area contributed by atoms with Crippen molar-refractivity contribution >= 4 is 17.1 Å². The number of carbonyl (C=O) groups is 1. The van der Waals surface area contributed by atoms with Gasteiger partial charge in [-0.2, -0.15) is 0 Å². The third kappa shape index (κ3) is 2.99. The predicted molar refractivity (Wildman–Crippen MR) is 64.6 cm³/mol. The quantitative estimate of drug-likeness (QED) is 0.546. The lowest BCUT2D eigenvalue weighted by molar-refractivity contribution is 0.104. The zero-order chi connectivity index (χ0) is 11.3. The molecule has 3 heteroatoms. The van der Waals surface area contributed by atoms with Crippen molar-refractivity contribution in [3.8, 4) is 0 Å². The molecule has 1 aromatic rings. The Kier molecular flexibility index (Phi) is 4.69. The average molecular weight is 223 g/mol. The average Bonchev–Trinajstić information content (AvgIpc) is 2.68. The number of aromatic nitrogens is 1. The van der Waals surface area contributed by atoms with Gasteiger partial charge in [-0.3, -0.25) is 4.79 Å². The van der Waals surface area contributed by atoms with Gasteiger partial charge in [-0.05, 0) is 25.3 Å². The summed E-state index contributed by atoms with van der Waals surface area (Å²) in [5.41, 5.74) is 1.11. The molecule has 0 N–H and O–H groups in total. The maximum atomic E-state index is 11.4. The van der Waals surface area contributed by atoms with E-state index in [0.717, 1.165) is 31.4 Å². The molecule has 82 valence electrons. The fourth-order valence-corrected chi connectivity index (χ4v) is 2.37. The number of allylic oxidation sites excluding steroid dienone is 1. The van der Waals surface area contributed by atoms with E-state index >= 15 is 0 Å². The maximum absolute atomic E-state index is 11.4. The first-order valence-corrected chi connectivity index (χ1v) is 6.19. The van der Waals surface area contributed by atoms with Crippen molar-refractivity contribution < 1.29 is 4.79 Å². The monoisotopic (exact) mass is 223 g/mol. The van der Waals surface area contributed by atoms with Crippen LogP contribution in [0.5, 0.6) is 0 Å². The normalized spacial score (nSPS) is 10.3. The van der Waals surface area contributed by atoms with Crippen molar-refractivity contribution in [2.45, 2.75) is 39.5 Å². The number of rotatable bonds is 6. The van der Waals surface area contributed by atoms with Crippen LogP contribution in [0, 0.1) is 0 Å². The van der Waals surface area contributed by atoms with Crippen molar-refractivity contribution in [1.29, 1.82) is 0 Å². The van der Waals surface area contributed by atoms with Gasteiger partial charge in [-0.25, -0.2) is 4.98 Å². The van der Waals surface area contributed by atoms with Crippen LogP contribution < -0.4 is 0 Å². The highest BCUT2D eigenvalue weighted by atomic mass is 32.1. The number of ketones is 1. The molecule has 0 aliphatic carbocycles. The highest BCUT2D eigenvalue weighted by molar-refractivity contribution is 7.13. The molecule has 1 rings (SSSR count). The second-order valence-electron chi connectivity index (χ2n) is 3.41. The largest absolute Gasteiger partial charge is 0.287 e. The van der Waals surface area contributed by atoms with Crippen LogP contribution in [0.2, 0.25) is 0 Å². The molecule has 0 aliphatic heterocycles. The van der Waals surface area contributed by atoms with Crippen molar-refractivity contribution in [1.82, 2.24) is 4.98 Å². The van der Waals surface area contributed by atoms with Crippen LogP contribution in [0.15, 0.2) is 12.7 Å². The van der Waals surface area contributed by atoms with Gasteiger partial charge in [0.25, 0.3) is 0 Å². The molecule has 0 amide bonds. The van der Waals surface area contributed by atoms with Crippen LogP contribution >= 0.6 is 11.3 Å². The summed E-state index contributed by atoms with van der Waals surface area (Å²) in [6, 6.07) is 0. The molecular weight excluding hydrogens is 206 g/mol. The Labute approximate surface area is 95.0 Å². The summed E-state index contributed by atoms with van der Waals surface area (Å²) < 4.78 is 0. The van der Waals surface area contributed by atoms with E-state index in [2.05, 4.69) is 25.4 Å². The Morgan fingerprint density at radius 2 is 2.27 bits per heavy atom. The molecule has 0 atom stereocenters. The highest BCUT2D eigenvalue weighted by Gasteiger charge is 2.12. The highest BCUT2D eigenvalue weighted by Crippen LogP contribution is 2.21. The van der Waals surface area contributed by atoms with Crippen molar-refractivity contribution in [2.24, 2.45) is 0 Å². The minimum absolute atomic E-state index is 0.0579. The Bertz CT molecular complexity index is 355.